The van der Waals surface area contributed by atoms with Gasteiger partial charge >= 0.3 is 5.97 Å². The lowest BCUT2D eigenvalue weighted by atomic mass is 9.49. The highest BCUT2D eigenvalue weighted by atomic mass is 35.5. The summed E-state index contributed by atoms with van der Waals surface area (Å²) in [7, 11) is 0. The van der Waals surface area contributed by atoms with Gasteiger partial charge in [0.15, 0.2) is 12.4 Å². The minimum Gasteiger partial charge on any atom is -0.456 e. The van der Waals surface area contributed by atoms with Gasteiger partial charge in [-0.05, 0) is 92.2 Å². The zero-order valence-corrected chi connectivity index (χ0v) is 21.4. The highest BCUT2D eigenvalue weighted by Gasteiger charge is 2.55. The highest BCUT2D eigenvalue weighted by Crippen LogP contribution is 2.60. The summed E-state index contributed by atoms with van der Waals surface area (Å²) in [4.78, 5) is 43.0. The Morgan fingerprint density at radius 2 is 1.62 bits per heavy atom. The first-order chi connectivity index (χ1) is 17.9. The van der Waals surface area contributed by atoms with Crippen molar-refractivity contribution in [1.82, 2.24) is 10.3 Å². The molecule has 7 rings (SSSR count). The first-order valence-electron chi connectivity index (χ1n) is 13.2. The number of nitrogens with one attached hydrogen (secondary N) is 2. The van der Waals surface area contributed by atoms with Gasteiger partial charge < -0.3 is 15.0 Å². The van der Waals surface area contributed by atoms with E-state index in [1.165, 1.54) is 19.3 Å². The van der Waals surface area contributed by atoms with Crippen molar-refractivity contribution in [3.63, 3.8) is 0 Å². The van der Waals surface area contributed by atoms with Crippen LogP contribution in [0.4, 0.5) is 0 Å². The third-order valence-electron chi connectivity index (χ3n) is 8.72. The Balaban J connectivity index is 1.20. The van der Waals surface area contributed by atoms with Gasteiger partial charge in [0, 0.05) is 39.5 Å². The molecule has 4 aliphatic carbocycles. The third kappa shape index (κ3) is 4.79. The second kappa shape index (κ2) is 9.64. The Bertz CT molecular complexity index is 1310. The number of rotatable bonds is 8. The van der Waals surface area contributed by atoms with E-state index in [0.29, 0.717) is 28.3 Å². The molecule has 4 fully saturated rings. The van der Waals surface area contributed by atoms with E-state index in [-0.39, 0.29) is 23.5 Å². The maximum atomic E-state index is 13.8. The fraction of sp³-hybridized carbons (Fsp3) is 0.433. The Kier molecular flexibility index (Phi) is 6.31. The van der Waals surface area contributed by atoms with E-state index in [0.717, 1.165) is 35.7 Å². The molecule has 1 heterocycles. The summed E-state index contributed by atoms with van der Waals surface area (Å²) >= 11 is 5.92. The molecule has 2 N–H and O–H groups in total. The number of aromatic nitrogens is 1. The Morgan fingerprint density at radius 1 is 0.973 bits per heavy atom. The molecule has 4 aliphatic rings. The summed E-state index contributed by atoms with van der Waals surface area (Å²) in [6.45, 7) is -0.391. The number of para-hydroxylation sites is 1. The van der Waals surface area contributed by atoms with Crippen LogP contribution in [-0.2, 0) is 20.7 Å². The Labute approximate surface area is 221 Å². The smallest absolute Gasteiger partial charge is 0.329 e. The minimum atomic E-state index is -0.877. The molecule has 1 aromatic heterocycles. The van der Waals surface area contributed by atoms with E-state index in [1.807, 2.05) is 30.5 Å². The SMILES string of the molecule is O=C(COC(=O)C(Cc1c[nH]c2ccccc12)NC(=O)C12CC3CC(CC(C3)C1)C2)c1ccc(Cl)cc1. The number of hydrogen-bond acceptors (Lipinski definition) is 4. The summed E-state index contributed by atoms with van der Waals surface area (Å²) < 4.78 is 5.48. The molecule has 192 valence electrons. The van der Waals surface area contributed by atoms with Gasteiger partial charge in [0.25, 0.3) is 0 Å². The van der Waals surface area contributed by atoms with Crippen LogP contribution in [0.15, 0.2) is 54.7 Å². The van der Waals surface area contributed by atoms with Gasteiger partial charge in [-0.1, -0.05) is 29.8 Å². The van der Waals surface area contributed by atoms with Gasteiger partial charge in [0.05, 0.1) is 0 Å². The molecule has 6 nitrogen and oxygen atoms in total. The van der Waals surface area contributed by atoms with Crippen LogP contribution in [0, 0.1) is 23.2 Å². The molecule has 4 bridgehead atoms. The van der Waals surface area contributed by atoms with Crippen molar-refractivity contribution in [1.29, 1.82) is 0 Å². The number of benzene rings is 2. The molecule has 0 aliphatic heterocycles. The summed E-state index contributed by atoms with van der Waals surface area (Å²) in [5.41, 5.74) is 1.93. The number of carbonyl (C=O) groups excluding carboxylic acids is 3. The van der Waals surface area contributed by atoms with Crippen LogP contribution in [0.3, 0.4) is 0 Å². The summed E-state index contributed by atoms with van der Waals surface area (Å²) in [6, 6.07) is 13.5. The maximum Gasteiger partial charge on any atom is 0.329 e. The number of ether oxygens (including phenoxy) is 1. The van der Waals surface area contributed by atoms with Gasteiger partial charge in [-0.25, -0.2) is 4.79 Å². The van der Waals surface area contributed by atoms with Gasteiger partial charge in [0.1, 0.15) is 6.04 Å². The number of H-pyrrole nitrogens is 1. The topological polar surface area (TPSA) is 88.3 Å². The quantitative estimate of drug-likeness (QED) is 0.305. The molecule has 1 unspecified atom stereocenters. The number of esters is 1. The number of halogens is 1. The molecular formula is C30H31ClN2O4. The number of ketones is 1. The molecule has 1 amide bonds. The number of Topliss-reactive ketones (excluding diaryl/α,β-unsaturated/α-hetero) is 1. The van der Waals surface area contributed by atoms with Gasteiger partial charge in [-0.15, -0.1) is 0 Å². The minimum absolute atomic E-state index is 0.0302. The number of aromatic amines is 1. The molecule has 4 saturated carbocycles. The van der Waals surface area contributed by atoms with E-state index >= 15 is 0 Å². The standard InChI is InChI=1S/C30H31ClN2O4/c31-23-7-5-21(6-8-23)27(34)17-37-28(35)26(12-22-16-32-25-4-2-1-3-24(22)25)33-29(36)30-13-18-9-19(14-30)11-20(10-18)15-30/h1-8,16,18-20,26,32H,9-15,17H2,(H,33,36). The second-order valence-electron chi connectivity index (χ2n) is 11.3. The molecule has 7 heteroatoms. The van der Waals surface area contributed by atoms with E-state index in [1.54, 1.807) is 24.3 Å². The predicted octanol–water partition coefficient (Wildman–Crippen LogP) is 5.49. The average molecular weight is 519 g/mol. The maximum absolute atomic E-state index is 13.8. The van der Waals surface area contributed by atoms with Crippen molar-refractivity contribution in [3.05, 3.63) is 70.9 Å². The predicted molar refractivity (Wildman–Crippen MR) is 141 cm³/mol. The van der Waals surface area contributed by atoms with E-state index in [2.05, 4.69) is 10.3 Å². The Morgan fingerprint density at radius 3 is 2.30 bits per heavy atom. The van der Waals surface area contributed by atoms with Crippen LogP contribution < -0.4 is 5.32 Å². The molecule has 2 aromatic carbocycles. The van der Waals surface area contributed by atoms with Crippen LogP contribution in [0.5, 0.6) is 0 Å². The summed E-state index contributed by atoms with van der Waals surface area (Å²) in [5, 5.41) is 4.62. The largest absolute Gasteiger partial charge is 0.456 e. The van der Waals surface area contributed by atoms with Crippen LogP contribution in [0.25, 0.3) is 10.9 Å². The van der Waals surface area contributed by atoms with E-state index in [4.69, 9.17) is 16.3 Å². The van der Waals surface area contributed by atoms with Crippen molar-refractivity contribution in [2.24, 2.45) is 23.2 Å². The van der Waals surface area contributed by atoms with Gasteiger partial charge in [-0.3, -0.25) is 9.59 Å². The lowest BCUT2D eigenvalue weighted by Crippen LogP contribution is -2.56. The molecule has 0 spiro atoms. The van der Waals surface area contributed by atoms with E-state index in [9.17, 15) is 14.4 Å². The molecule has 1 atom stereocenters. The number of amides is 1. The monoisotopic (exact) mass is 518 g/mol. The normalized spacial score (nSPS) is 26.7. The number of hydrogen-bond donors (Lipinski definition) is 2. The van der Waals surface area contributed by atoms with Crippen molar-refractivity contribution < 1.29 is 19.1 Å². The highest BCUT2D eigenvalue weighted by molar-refractivity contribution is 6.30. The molecular weight excluding hydrogens is 488 g/mol. The first kappa shape index (κ1) is 24.2. The van der Waals surface area contributed by atoms with Crippen LogP contribution in [0.2, 0.25) is 5.02 Å². The summed E-state index contributed by atoms with van der Waals surface area (Å²) in [6.07, 6.45) is 8.61. The fourth-order valence-electron chi connectivity index (χ4n) is 7.37. The molecule has 0 radical (unpaired) electrons. The third-order valence-corrected chi connectivity index (χ3v) is 8.97. The van der Waals surface area contributed by atoms with Crippen molar-refractivity contribution in [3.8, 4) is 0 Å². The Hall–Kier alpha value is -3.12. The van der Waals surface area contributed by atoms with Crippen molar-refractivity contribution >= 4 is 40.2 Å². The van der Waals surface area contributed by atoms with Crippen molar-refractivity contribution in [2.45, 2.75) is 51.0 Å². The zero-order chi connectivity index (χ0) is 25.6. The van der Waals surface area contributed by atoms with Crippen LogP contribution >= 0.6 is 11.6 Å². The first-order valence-corrected chi connectivity index (χ1v) is 13.6. The number of carbonyl (C=O) groups is 3. The van der Waals surface area contributed by atoms with E-state index < -0.39 is 18.6 Å². The molecule has 0 saturated heterocycles. The second-order valence-corrected chi connectivity index (χ2v) is 11.8. The molecule has 3 aromatic rings. The lowest BCUT2D eigenvalue weighted by molar-refractivity contribution is -0.153. The van der Waals surface area contributed by atoms with Crippen LogP contribution in [-0.4, -0.2) is 35.3 Å². The lowest BCUT2D eigenvalue weighted by Gasteiger charge is -2.55. The molecule has 37 heavy (non-hydrogen) atoms. The van der Waals surface area contributed by atoms with Gasteiger partial charge in [0.2, 0.25) is 5.91 Å². The fourth-order valence-corrected chi connectivity index (χ4v) is 7.50. The van der Waals surface area contributed by atoms with Crippen LogP contribution in [0.1, 0.15) is 54.4 Å². The van der Waals surface area contributed by atoms with Crippen molar-refractivity contribution in [2.75, 3.05) is 6.61 Å². The van der Waals surface area contributed by atoms with Gasteiger partial charge in [-0.2, -0.15) is 0 Å². The number of fused-ring (bicyclic) bond motifs is 1. The zero-order valence-electron chi connectivity index (χ0n) is 20.7. The average Bonchev–Trinajstić information content (AvgIpc) is 3.29. The summed E-state index contributed by atoms with van der Waals surface area (Å²) in [5.74, 6) is 0.917.